The molecule has 0 bridgehead atoms. The highest BCUT2D eigenvalue weighted by molar-refractivity contribution is 7.99. The molecular formula is C19H31NS. The predicted octanol–water partition coefficient (Wildman–Crippen LogP) is 5.01. The number of hydrogen-bond donors (Lipinski definition) is 1. The van der Waals surface area contributed by atoms with E-state index in [9.17, 15) is 0 Å². The zero-order valence-electron chi connectivity index (χ0n) is 14.1. The lowest BCUT2D eigenvalue weighted by Gasteiger charge is -2.30. The highest BCUT2D eigenvalue weighted by Gasteiger charge is 2.28. The summed E-state index contributed by atoms with van der Waals surface area (Å²) in [7, 11) is 0. The molecule has 1 aliphatic carbocycles. The van der Waals surface area contributed by atoms with Crippen molar-refractivity contribution < 1.29 is 0 Å². The van der Waals surface area contributed by atoms with E-state index in [0.29, 0.717) is 6.04 Å². The number of benzene rings is 1. The fraction of sp³-hybridized carbons (Fsp3) is 0.684. The van der Waals surface area contributed by atoms with Crippen LogP contribution in [0.15, 0.2) is 30.3 Å². The number of rotatable bonds is 7. The van der Waals surface area contributed by atoms with Gasteiger partial charge in [0.15, 0.2) is 0 Å². The van der Waals surface area contributed by atoms with E-state index in [4.69, 9.17) is 0 Å². The van der Waals surface area contributed by atoms with E-state index in [1.807, 2.05) is 0 Å². The van der Waals surface area contributed by atoms with Gasteiger partial charge in [-0.05, 0) is 49.3 Å². The molecule has 3 unspecified atom stereocenters. The van der Waals surface area contributed by atoms with Gasteiger partial charge in [-0.1, -0.05) is 51.1 Å². The molecule has 0 aliphatic heterocycles. The third kappa shape index (κ3) is 5.03. The third-order valence-corrected chi connectivity index (χ3v) is 5.91. The molecule has 1 aromatic rings. The summed E-state index contributed by atoms with van der Waals surface area (Å²) in [5.41, 5.74) is 1.69. The van der Waals surface area contributed by atoms with Gasteiger partial charge in [0, 0.05) is 17.3 Å². The minimum Gasteiger partial charge on any atom is -0.311 e. The quantitative estimate of drug-likeness (QED) is 0.760. The fourth-order valence-electron chi connectivity index (χ4n) is 3.71. The topological polar surface area (TPSA) is 12.0 Å². The molecule has 2 heteroatoms. The van der Waals surface area contributed by atoms with Crippen molar-refractivity contribution in [1.82, 2.24) is 5.32 Å². The van der Waals surface area contributed by atoms with Crippen LogP contribution in [-0.2, 0) is 5.41 Å². The van der Waals surface area contributed by atoms with Crippen LogP contribution in [0.1, 0.15) is 58.9 Å². The lowest BCUT2D eigenvalue weighted by molar-refractivity contribution is 0.357. The molecule has 1 nitrogen and oxygen atoms in total. The molecule has 1 aliphatic rings. The molecule has 1 aromatic carbocycles. The van der Waals surface area contributed by atoms with Gasteiger partial charge in [0.05, 0.1) is 0 Å². The zero-order valence-corrected chi connectivity index (χ0v) is 14.9. The highest BCUT2D eigenvalue weighted by Crippen LogP contribution is 2.32. The molecule has 0 spiro atoms. The maximum absolute atomic E-state index is 3.88. The lowest BCUT2D eigenvalue weighted by Crippen LogP contribution is -2.39. The van der Waals surface area contributed by atoms with Crippen LogP contribution < -0.4 is 5.32 Å². The molecule has 0 amide bonds. The van der Waals surface area contributed by atoms with E-state index in [-0.39, 0.29) is 5.41 Å². The largest absolute Gasteiger partial charge is 0.311 e. The Balaban J connectivity index is 1.83. The van der Waals surface area contributed by atoms with Crippen molar-refractivity contribution in [2.75, 3.05) is 5.75 Å². The molecule has 1 N–H and O–H groups in total. The predicted molar refractivity (Wildman–Crippen MR) is 96.2 cm³/mol. The van der Waals surface area contributed by atoms with Gasteiger partial charge in [-0.15, -0.1) is 0 Å². The smallest absolute Gasteiger partial charge is 0.00804 e. The first-order chi connectivity index (χ1) is 10.0. The Labute approximate surface area is 135 Å². The average Bonchev–Trinajstić information content (AvgIpc) is 2.87. The maximum Gasteiger partial charge on any atom is 0.00804 e. The summed E-state index contributed by atoms with van der Waals surface area (Å²) in [6, 6.07) is 12.2. The molecule has 118 valence electrons. The summed E-state index contributed by atoms with van der Waals surface area (Å²) < 4.78 is 0. The van der Waals surface area contributed by atoms with Crippen LogP contribution in [0.25, 0.3) is 0 Å². The van der Waals surface area contributed by atoms with E-state index < -0.39 is 0 Å². The number of thioether (sulfide) groups is 1. The Hall–Kier alpha value is -0.470. The van der Waals surface area contributed by atoms with Crippen LogP contribution in [0.5, 0.6) is 0 Å². The van der Waals surface area contributed by atoms with Gasteiger partial charge >= 0.3 is 0 Å². The Morgan fingerprint density at radius 1 is 1.24 bits per heavy atom. The van der Waals surface area contributed by atoms with Gasteiger partial charge in [0.2, 0.25) is 0 Å². The van der Waals surface area contributed by atoms with E-state index in [2.05, 4.69) is 75.1 Å². The standard InChI is InChI=1S/C19H31NS/c1-5-21-18-12-11-17(13-18)20-15(2)14-19(3,4)16-9-7-6-8-10-16/h6-10,15,17-18,20H,5,11-14H2,1-4H3. The van der Waals surface area contributed by atoms with Gasteiger partial charge in [-0.3, -0.25) is 0 Å². The highest BCUT2D eigenvalue weighted by atomic mass is 32.2. The van der Waals surface area contributed by atoms with E-state index >= 15 is 0 Å². The molecule has 0 heterocycles. The van der Waals surface area contributed by atoms with Gasteiger partial charge in [0.1, 0.15) is 0 Å². The van der Waals surface area contributed by atoms with E-state index in [1.54, 1.807) is 0 Å². The molecule has 21 heavy (non-hydrogen) atoms. The number of nitrogens with one attached hydrogen (secondary N) is 1. The van der Waals surface area contributed by atoms with Crippen molar-refractivity contribution >= 4 is 11.8 Å². The molecule has 1 saturated carbocycles. The molecule has 1 fully saturated rings. The Morgan fingerprint density at radius 3 is 2.62 bits per heavy atom. The second kappa shape index (κ2) is 7.69. The summed E-state index contributed by atoms with van der Waals surface area (Å²) in [6.07, 6.45) is 5.30. The minimum atomic E-state index is 0.240. The first kappa shape index (κ1) is 16.9. The van der Waals surface area contributed by atoms with E-state index in [0.717, 1.165) is 11.3 Å². The Kier molecular flexibility index (Phi) is 6.19. The third-order valence-electron chi connectivity index (χ3n) is 4.68. The first-order valence-corrected chi connectivity index (χ1v) is 9.49. The molecule has 0 radical (unpaired) electrons. The van der Waals surface area contributed by atoms with Crippen LogP contribution >= 0.6 is 11.8 Å². The van der Waals surface area contributed by atoms with Crippen LogP contribution in [0, 0.1) is 0 Å². The second-order valence-corrected chi connectivity index (χ2v) is 8.69. The lowest BCUT2D eigenvalue weighted by atomic mass is 9.79. The molecule has 3 atom stereocenters. The van der Waals surface area contributed by atoms with Crippen LogP contribution in [0.3, 0.4) is 0 Å². The van der Waals surface area contributed by atoms with Crippen molar-refractivity contribution in [1.29, 1.82) is 0 Å². The summed E-state index contributed by atoms with van der Waals surface area (Å²) in [5.74, 6) is 1.26. The summed E-state index contributed by atoms with van der Waals surface area (Å²) in [4.78, 5) is 0. The van der Waals surface area contributed by atoms with Crippen LogP contribution in [-0.4, -0.2) is 23.1 Å². The van der Waals surface area contributed by atoms with Crippen molar-refractivity contribution in [3.8, 4) is 0 Å². The normalized spacial score (nSPS) is 24.2. The summed E-state index contributed by atoms with van der Waals surface area (Å²) >= 11 is 2.14. The molecule has 0 saturated heterocycles. The van der Waals surface area contributed by atoms with Crippen molar-refractivity contribution in [3.63, 3.8) is 0 Å². The van der Waals surface area contributed by atoms with Crippen molar-refractivity contribution in [2.24, 2.45) is 0 Å². The van der Waals surface area contributed by atoms with Crippen molar-refractivity contribution in [3.05, 3.63) is 35.9 Å². The zero-order chi connectivity index (χ0) is 15.3. The van der Waals surface area contributed by atoms with E-state index in [1.165, 1.54) is 37.0 Å². The minimum absolute atomic E-state index is 0.240. The fourth-order valence-corrected chi connectivity index (χ4v) is 4.86. The Morgan fingerprint density at radius 2 is 1.95 bits per heavy atom. The van der Waals surface area contributed by atoms with Crippen molar-refractivity contribution in [2.45, 2.75) is 76.1 Å². The molecule has 2 rings (SSSR count). The summed E-state index contributed by atoms with van der Waals surface area (Å²) in [5, 5.41) is 4.77. The second-order valence-electron chi connectivity index (χ2n) is 7.11. The number of hydrogen-bond acceptors (Lipinski definition) is 2. The maximum atomic E-state index is 3.88. The SMILES string of the molecule is CCSC1CCC(NC(C)CC(C)(C)c2ccccc2)C1. The monoisotopic (exact) mass is 305 g/mol. The average molecular weight is 306 g/mol. The molecular weight excluding hydrogens is 274 g/mol. The van der Waals surface area contributed by atoms with Gasteiger partial charge in [-0.2, -0.15) is 11.8 Å². The molecule has 0 aromatic heterocycles. The Bertz CT molecular complexity index is 415. The van der Waals surface area contributed by atoms with Gasteiger partial charge in [-0.25, -0.2) is 0 Å². The van der Waals surface area contributed by atoms with Gasteiger partial charge in [0.25, 0.3) is 0 Å². The summed E-state index contributed by atoms with van der Waals surface area (Å²) in [6.45, 7) is 9.36. The van der Waals surface area contributed by atoms with Crippen LogP contribution in [0.4, 0.5) is 0 Å². The van der Waals surface area contributed by atoms with Gasteiger partial charge < -0.3 is 5.32 Å². The van der Waals surface area contributed by atoms with Crippen LogP contribution in [0.2, 0.25) is 0 Å². The first-order valence-electron chi connectivity index (χ1n) is 8.44.